The van der Waals surface area contributed by atoms with Gasteiger partial charge in [-0.05, 0) is 55.0 Å². The van der Waals surface area contributed by atoms with E-state index in [0.717, 1.165) is 0 Å². The second kappa shape index (κ2) is 7.07. The van der Waals surface area contributed by atoms with E-state index >= 15 is 0 Å². The molecule has 2 aromatic heterocycles. The van der Waals surface area contributed by atoms with Gasteiger partial charge in [-0.25, -0.2) is 4.98 Å². The van der Waals surface area contributed by atoms with Gasteiger partial charge in [0, 0.05) is 17.4 Å². The topological polar surface area (TPSA) is 107 Å². The highest BCUT2D eigenvalue weighted by molar-refractivity contribution is 6.05. The van der Waals surface area contributed by atoms with Crippen molar-refractivity contribution in [3.8, 4) is 28.7 Å². The summed E-state index contributed by atoms with van der Waals surface area (Å²) >= 11 is 0. The summed E-state index contributed by atoms with van der Waals surface area (Å²) in [6.07, 6.45) is 1.61. The van der Waals surface area contributed by atoms with E-state index in [9.17, 15) is 9.90 Å². The van der Waals surface area contributed by atoms with Crippen LogP contribution in [-0.4, -0.2) is 34.2 Å². The van der Waals surface area contributed by atoms with Crippen molar-refractivity contribution in [3.63, 3.8) is 0 Å². The van der Waals surface area contributed by atoms with Crippen molar-refractivity contribution < 1.29 is 23.8 Å². The number of phenols is 1. The molecule has 0 aliphatic carbocycles. The summed E-state index contributed by atoms with van der Waals surface area (Å²) in [6.45, 7) is 2.66. The normalized spacial score (nSPS) is 12.7. The van der Waals surface area contributed by atoms with E-state index in [-0.39, 0.29) is 17.5 Å². The Balaban J connectivity index is 1.47. The molecule has 2 aromatic carbocycles. The van der Waals surface area contributed by atoms with Crippen LogP contribution in [0.4, 0.5) is 5.69 Å². The van der Waals surface area contributed by atoms with Crippen molar-refractivity contribution >= 4 is 22.8 Å². The summed E-state index contributed by atoms with van der Waals surface area (Å²) in [5.41, 5.74) is 2.81. The van der Waals surface area contributed by atoms with Gasteiger partial charge in [-0.15, -0.1) is 0 Å². The number of pyridine rings is 1. The van der Waals surface area contributed by atoms with Gasteiger partial charge in [-0.1, -0.05) is 0 Å². The first-order valence-electron chi connectivity index (χ1n) is 9.35. The minimum absolute atomic E-state index is 0.0267. The number of fused-ring (bicyclic) bond motifs is 2. The lowest BCUT2D eigenvalue weighted by Crippen LogP contribution is -2.17. The smallest absolute Gasteiger partial charge is 0.255 e. The lowest BCUT2D eigenvalue weighted by Gasteiger charge is -2.18. The summed E-state index contributed by atoms with van der Waals surface area (Å²) in [5, 5.41) is 13.4. The van der Waals surface area contributed by atoms with Crippen LogP contribution in [0.1, 0.15) is 15.9 Å². The number of rotatable bonds is 3. The first-order valence-corrected chi connectivity index (χ1v) is 9.35. The summed E-state index contributed by atoms with van der Waals surface area (Å²) in [7, 11) is 0. The second-order valence-corrected chi connectivity index (χ2v) is 6.85. The van der Waals surface area contributed by atoms with Crippen LogP contribution in [0.25, 0.3) is 22.7 Å². The van der Waals surface area contributed by atoms with E-state index in [1.54, 1.807) is 55.6 Å². The van der Waals surface area contributed by atoms with Crippen molar-refractivity contribution in [1.82, 2.24) is 9.97 Å². The number of carbonyl (C=O) groups is 1. The number of nitrogens with zero attached hydrogens (tertiary/aromatic N) is 2. The van der Waals surface area contributed by atoms with E-state index < -0.39 is 0 Å². The zero-order valence-corrected chi connectivity index (χ0v) is 16.0. The molecule has 0 bridgehead atoms. The monoisotopic (exact) mass is 403 g/mol. The van der Waals surface area contributed by atoms with Crippen LogP contribution < -0.4 is 14.8 Å². The summed E-state index contributed by atoms with van der Waals surface area (Å²) < 4.78 is 16.7. The fourth-order valence-electron chi connectivity index (χ4n) is 3.29. The molecule has 2 N–H and O–H groups in total. The third-order valence-electron chi connectivity index (χ3n) is 4.76. The molecular formula is C22H17N3O5. The van der Waals surface area contributed by atoms with E-state index in [1.807, 2.05) is 0 Å². The number of carbonyl (C=O) groups excluding carboxylic acids is 1. The molecule has 1 aliphatic rings. The number of aryl methyl sites for hydroxylation is 1. The highest BCUT2D eigenvalue weighted by atomic mass is 16.6. The minimum Gasteiger partial charge on any atom is -0.507 e. The lowest BCUT2D eigenvalue weighted by atomic mass is 10.1. The Hall–Kier alpha value is -4.07. The second-order valence-electron chi connectivity index (χ2n) is 6.85. The van der Waals surface area contributed by atoms with Gasteiger partial charge < -0.3 is 24.3 Å². The number of hydrogen-bond donors (Lipinski definition) is 2. The minimum atomic E-state index is -0.317. The number of nitrogens with one attached hydrogen (secondary N) is 1. The number of hydrogen-bond acceptors (Lipinski definition) is 7. The molecule has 0 saturated carbocycles. The molecule has 8 heteroatoms. The Kier molecular flexibility index (Phi) is 4.24. The maximum atomic E-state index is 12.8. The molecule has 3 heterocycles. The highest BCUT2D eigenvalue weighted by Crippen LogP contribution is 2.36. The number of ether oxygens (including phenoxy) is 2. The van der Waals surface area contributed by atoms with Crippen molar-refractivity contribution in [2.24, 2.45) is 0 Å². The zero-order chi connectivity index (χ0) is 20.7. The van der Waals surface area contributed by atoms with Crippen LogP contribution in [-0.2, 0) is 0 Å². The van der Waals surface area contributed by atoms with Crippen LogP contribution in [0.3, 0.4) is 0 Å². The van der Waals surface area contributed by atoms with Crippen molar-refractivity contribution in [2.75, 3.05) is 18.5 Å². The molecule has 0 unspecified atom stereocenters. The highest BCUT2D eigenvalue weighted by Gasteiger charge is 2.18. The standard InChI is InChI=1S/C22H17N3O5/c1-12-9-14(24-21(27)13-4-5-16-18(10-13)29-8-7-28-16)11-15(19(12)26)22-25-20-17(30-22)3-2-6-23-20/h2-6,9-11,26H,7-8H2,1H3,(H,24,27). The molecular weight excluding hydrogens is 386 g/mol. The summed E-state index contributed by atoms with van der Waals surface area (Å²) in [5.74, 6) is 1.08. The lowest BCUT2D eigenvalue weighted by molar-refractivity contribution is 0.102. The van der Waals surface area contributed by atoms with Gasteiger partial charge in [-0.2, -0.15) is 4.98 Å². The molecule has 150 valence electrons. The van der Waals surface area contributed by atoms with Crippen LogP contribution >= 0.6 is 0 Å². The Bertz CT molecular complexity index is 1250. The van der Waals surface area contributed by atoms with Gasteiger partial charge in [0.05, 0.1) is 5.56 Å². The first kappa shape index (κ1) is 18.0. The van der Waals surface area contributed by atoms with E-state index in [2.05, 4.69) is 15.3 Å². The zero-order valence-electron chi connectivity index (χ0n) is 16.0. The van der Waals surface area contributed by atoms with E-state index in [1.165, 1.54) is 0 Å². The number of anilines is 1. The van der Waals surface area contributed by atoms with Gasteiger partial charge in [0.2, 0.25) is 5.89 Å². The fraction of sp³-hybridized carbons (Fsp3) is 0.136. The Morgan fingerprint density at radius 2 is 1.93 bits per heavy atom. The quantitative estimate of drug-likeness (QED) is 0.499. The maximum absolute atomic E-state index is 12.8. The number of aromatic hydroxyl groups is 1. The van der Waals surface area contributed by atoms with E-state index in [4.69, 9.17) is 13.9 Å². The van der Waals surface area contributed by atoms with Gasteiger partial charge in [-0.3, -0.25) is 4.79 Å². The summed E-state index contributed by atoms with van der Waals surface area (Å²) in [4.78, 5) is 21.2. The molecule has 8 nitrogen and oxygen atoms in total. The SMILES string of the molecule is Cc1cc(NC(=O)c2ccc3c(c2)OCCO3)cc(-c2nc3ncccc3o2)c1O. The predicted octanol–water partition coefficient (Wildman–Crippen LogP) is 3.93. The summed E-state index contributed by atoms with van der Waals surface area (Å²) in [6, 6.07) is 11.8. The van der Waals surface area contributed by atoms with Crippen molar-refractivity contribution in [2.45, 2.75) is 6.92 Å². The molecule has 0 radical (unpaired) electrons. The van der Waals surface area contributed by atoms with E-state index in [0.29, 0.717) is 58.3 Å². The first-order chi connectivity index (χ1) is 14.6. The van der Waals surface area contributed by atoms with Crippen molar-refractivity contribution in [3.05, 3.63) is 59.8 Å². The Morgan fingerprint density at radius 1 is 1.10 bits per heavy atom. The van der Waals surface area contributed by atoms with Gasteiger partial charge in [0.1, 0.15) is 19.0 Å². The third-order valence-corrected chi connectivity index (χ3v) is 4.76. The van der Waals surface area contributed by atoms with Crippen LogP contribution in [0.2, 0.25) is 0 Å². The Labute approximate surface area is 171 Å². The molecule has 5 rings (SSSR count). The van der Waals surface area contributed by atoms with Crippen LogP contribution in [0, 0.1) is 6.92 Å². The van der Waals surface area contributed by atoms with Gasteiger partial charge >= 0.3 is 0 Å². The van der Waals surface area contributed by atoms with Crippen molar-refractivity contribution in [1.29, 1.82) is 0 Å². The largest absolute Gasteiger partial charge is 0.507 e. The molecule has 0 fully saturated rings. The molecule has 0 spiro atoms. The average Bonchev–Trinajstić information content (AvgIpc) is 3.19. The molecule has 30 heavy (non-hydrogen) atoms. The molecule has 1 amide bonds. The number of benzene rings is 2. The third kappa shape index (κ3) is 3.18. The maximum Gasteiger partial charge on any atom is 0.255 e. The van der Waals surface area contributed by atoms with Crippen LogP contribution in [0.5, 0.6) is 17.2 Å². The average molecular weight is 403 g/mol. The number of oxazole rings is 1. The predicted molar refractivity (Wildman–Crippen MR) is 109 cm³/mol. The molecule has 0 saturated heterocycles. The Morgan fingerprint density at radius 3 is 2.77 bits per heavy atom. The van der Waals surface area contributed by atoms with Gasteiger partial charge in [0.15, 0.2) is 22.7 Å². The number of phenolic OH excluding ortho intramolecular Hbond substituents is 1. The molecule has 1 aliphatic heterocycles. The number of aromatic nitrogens is 2. The van der Waals surface area contributed by atoms with Gasteiger partial charge in [0.25, 0.3) is 5.91 Å². The molecule has 4 aromatic rings. The molecule has 0 atom stereocenters. The fourth-order valence-corrected chi connectivity index (χ4v) is 3.29. The number of amides is 1. The van der Waals surface area contributed by atoms with Crippen LogP contribution in [0.15, 0.2) is 53.1 Å².